The Labute approximate surface area is 133 Å². The molecule has 0 saturated carbocycles. The Morgan fingerprint density at radius 3 is 2.83 bits per heavy atom. The molecule has 3 aromatic rings. The van der Waals surface area contributed by atoms with Gasteiger partial charge >= 0.3 is 0 Å². The van der Waals surface area contributed by atoms with Crippen LogP contribution in [0, 0.1) is 6.92 Å². The molecule has 0 atom stereocenters. The van der Waals surface area contributed by atoms with Crippen molar-refractivity contribution < 1.29 is 4.79 Å². The fourth-order valence-corrected chi connectivity index (χ4v) is 2.32. The number of H-pyrrole nitrogens is 1. The monoisotopic (exact) mass is 307 g/mol. The lowest BCUT2D eigenvalue weighted by atomic mass is 10.1. The van der Waals surface area contributed by atoms with Gasteiger partial charge in [-0.2, -0.15) is 0 Å². The van der Waals surface area contributed by atoms with Gasteiger partial charge in [0, 0.05) is 17.3 Å². The van der Waals surface area contributed by atoms with E-state index in [2.05, 4.69) is 25.3 Å². The van der Waals surface area contributed by atoms with Crippen LogP contribution in [0.5, 0.6) is 0 Å². The predicted octanol–water partition coefficient (Wildman–Crippen LogP) is 3.23. The summed E-state index contributed by atoms with van der Waals surface area (Å²) in [4.78, 5) is 27.6. The lowest BCUT2D eigenvalue weighted by Gasteiger charge is -2.10. The van der Waals surface area contributed by atoms with Crippen molar-refractivity contribution in [1.29, 1.82) is 0 Å². The Balaban J connectivity index is 2.02. The molecule has 1 amide bonds. The third kappa shape index (κ3) is 3.11. The van der Waals surface area contributed by atoms with Crippen LogP contribution in [-0.2, 0) is 4.79 Å². The molecule has 0 aliphatic heterocycles. The molecule has 2 N–H and O–H groups in total. The lowest BCUT2D eigenvalue weighted by molar-refractivity contribution is -0.111. The van der Waals surface area contributed by atoms with Crippen LogP contribution < -0.4 is 5.32 Å². The van der Waals surface area contributed by atoms with E-state index >= 15 is 0 Å². The number of anilines is 1. The Kier molecular flexibility index (Phi) is 3.89. The SMILES string of the molecule is CC(C)=CC(=O)Nc1cc(-c2ncnc3nc[nH]c23)ccc1C. The number of carbonyl (C=O) groups excluding carboxylic acids is 1. The second kappa shape index (κ2) is 6.00. The van der Waals surface area contributed by atoms with E-state index in [1.807, 2.05) is 39.0 Å². The van der Waals surface area contributed by atoms with Crippen molar-refractivity contribution in [3.8, 4) is 11.3 Å². The van der Waals surface area contributed by atoms with Crippen molar-refractivity contribution in [3.05, 3.63) is 48.1 Å². The van der Waals surface area contributed by atoms with Gasteiger partial charge in [-0.1, -0.05) is 17.7 Å². The number of rotatable bonds is 3. The van der Waals surface area contributed by atoms with Crippen molar-refractivity contribution in [2.24, 2.45) is 0 Å². The van der Waals surface area contributed by atoms with E-state index in [1.54, 1.807) is 12.4 Å². The van der Waals surface area contributed by atoms with Crippen LogP contribution in [0.1, 0.15) is 19.4 Å². The van der Waals surface area contributed by atoms with Crippen LogP contribution in [0.3, 0.4) is 0 Å². The number of aromatic nitrogens is 4. The minimum atomic E-state index is -0.139. The fraction of sp³-hybridized carbons (Fsp3) is 0.176. The Bertz CT molecular complexity index is 906. The zero-order valence-corrected chi connectivity index (χ0v) is 13.2. The zero-order chi connectivity index (χ0) is 16.4. The second-order valence-corrected chi connectivity index (χ2v) is 5.56. The average Bonchev–Trinajstić information content (AvgIpc) is 2.97. The van der Waals surface area contributed by atoms with Gasteiger partial charge < -0.3 is 10.3 Å². The Hall–Kier alpha value is -3.02. The minimum absolute atomic E-state index is 0.139. The van der Waals surface area contributed by atoms with Crippen molar-refractivity contribution in [2.45, 2.75) is 20.8 Å². The maximum absolute atomic E-state index is 12.0. The van der Waals surface area contributed by atoms with Gasteiger partial charge in [-0.05, 0) is 32.4 Å². The van der Waals surface area contributed by atoms with Gasteiger partial charge in [-0.25, -0.2) is 15.0 Å². The number of hydrogen-bond acceptors (Lipinski definition) is 4. The average molecular weight is 307 g/mol. The third-order valence-electron chi connectivity index (χ3n) is 3.41. The number of amides is 1. The minimum Gasteiger partial charge on any atom is -0.341 e. The summed E-state index contributed by atoms with van der Waals surface area (Å²) in [5, 5.41) is 2.91. The topological polar surface area (TPSA) is 83.6 Å². The van der Waals surface area contributed by atoms with E-state index in [0.717, 1.165) is 33.6 Å². The number of allylic oxidation sites excluding steroid dienone is 1. The molecule has 23 heavy (non-hydrogen) atoms. The largest absolute Gasteiger partial charge is 0.341 e. The van der Waals surface area contributed by atoms with Crippen LogP contribution in [-0.4, -0.2) is 25.8 Å². The smallest absolute Gasteiger partial charge is 0.248 e. The van der Waals surface area contributed by atoms with E-state index in [0.29, 0.717) is 5.65 Å². The number of benzene rings is 1. The van der Waals surface area contributed by atoms with Crippen molar-refractivity contribution >= 4 is 22.8 Å². The first-order chi connectivity index (χ1) is 11.0. The Morgan fingerprint density at radius 2 is 2.04 bits per heavy atom. The summed E-state index contributed by atoms with van der Waals surface area (Å²) in [5.41, 5.74) is 5.73. The zero-order valence-electron chi connectivity index (χ0n) is 13.2. The van der Waals surface area contributed by atoms with Gasteiger partial charge in [0.15, 0.2) is 5.65 Å². The Morgan fingerprint density at radius 1 is 1.22 bits per heavy atom. The molecule has 0 saturated heterocycles. The highest BCUT2D eigenvalue weighted by molar-refractivity contribution is 6.00. The molecule has 0 aliphatic rings. The highest BCUT2D eigenvalue weighted by Crippen LogP contribution is 2.27. The van der Waals surface area contributed by atoms with E-state index in [9.17, 15) is 4.79 Å². The molecule has 116 valence electrons. The van der Waals surface area contributed by atoms with Crippen LogP contribution in [0.15, 0.2) is 42.5 Å². The molecule has 6 nitrogen and oxygen atoms in total. The first kappa shape index (κ1) is 14.9. The van der Waals surface area contributed by atoms with Gasteiger partial charge in [0.2, 0.25) is 5.91 Å². The summed E-state index contributed by atoms with van der Waals surface area (Å²) in [6, 6.07) is 5.83. The summed E-state index contributed by atoms with van der Waals surface area (Å²) in [6.45, 7) is 5.73. The number of imidazole rings is 1. The standard InChI is InChI=1S/C17H17N5O/c1-10(2)6-14(23)22-13-7-12(5-4-11(13)3)15-16-17(20-8-18-15)21-9-19-16/h4-9H,1-3H3,(H,22,23)(H,18,19,20,21). The second-order valence-electron chi connectivity index (χ2n) is 5.56. The maximum atomic E-state index is 12.0. The molecule has 1 aromatic carbocycles. The fourth-order valence-electron chi connectivity index (χ4n) is 2.32. The highest BCUT2D eigenvalue weighted by Gasteiger charge is 2.11. The van der Waals surface area contributed by atoms with E-state index in [1.165, 1.54) is 6.33 Å². The quantitative estimate of drug-likeness (QED) is 0.728. The molecular weight excluding hydrogens is 290 g/mol. The summed E-state index contributed by atoms with van der Waals surface area (Å²) in [7, 11) is 0. The van der Waals surface area contributed by atoms with Crippen molar-refractivity contribution in [2.75, 3.05) is 5.32 Å². The number of nitrogens with one attached hydrogen (secondary N) is 2. The van der Waals surface area contributed by atoms with Gasteiger partial charge in [0.1, 0.15) is 11.8 Å². The highest BCUT2D eigenvalue weighted by atomic mass is 16.1. The molecule has 0 spiro atoms. The van der Waals surface area contributed by atoms with Gasteiger partial charge in [0.25, 0.3) is 0 Å². The van der Waals surface area contributed by atoms with E-state index in [-0.39, 0.29) is 5.91 Å². The molecule has 0 bridgehead atoms. The number of hydrogen-bond donors (Lipinski definition) is 2. The molecule has 0 radical (unpaired) electrons. The van der Waals surface area contributed by atoms with Crippen molar-refractivity contribution in [3.63, 3.8) is 0 Å². The molecule has 3 rings (SSSR count). The summed E-state index contributed by atoms with van der Waals surface area (Å²) < 4.78 is 0. The van der Waals surface area contributed by atoms with Gasteiger partial charge in [-0.3, -0.25) is 4.79 Å². The number of aryl methyl sites for hydroxylation is 1. The summed E-state index contributed by atoms with van der Waals surface area (Å²) in [5.74, 6) is -0.139. The number of carbonyl (C=O) groups is 1. The van der Waals surface area contributed by atoms with Gasteiger partial charge in [0.05, 0.1) is 12.0 Å². The summed E-state index contributed by atoms with van der Waals surface area (Å²) in [6.07, 6.45) is 4.65. The molecule has 2 heterocycles. The van der Waals surface area contributed by atoms with Crippen LogP contribution in [0.25, 0.3) is 22.4 Å². The normalized spacial score (nSPS) is 10.6. The molecule has 0 aliphatic carbocycles. The van der Waals surface area contributed by atoms with E-state index < -0.39 is 0 Å². The molecule has 0 fully saturated rings. The first-order valence-electron chi connectivity index (χ1n) is 7.25. The van der Waals surface area contributed by atoms with Crippen LogP contribution in [0.4, 0.5) is 5.69 Å². The van der Waals surface area contributed by atoms with Crippen molar-refractivity contribution in [1.82, 2.24) is 19.9 Å². The maximum Gasteiger partial charge on any atom is 0.248 e. The first-order valence-corrected chi connectivity index (χ1v) is 7.25. The van der Waals surface area contributed by atoms with Gasteiger partial charge in [-0.15, -0.1) is 0 Å². The van der Waals surface area contributed by atoms with Crippen LogP contribution in [0.2, 0.25) is 0 Å². The molecular formula is C17H17N5O. The predicted molar refractivity (Wildman–Crippen MR) is 89.9 cm³/mol. The number of nitrogens with zero attached hydrogens (tertiary/aromatic N) is 3. The lowest BCUT2D eigenvalue weighted by Crippen LogP contribution is -2.09. The molecule has 0 unspecified atom stereocenters. The number of fused-ring (bicyclic) bond motifs is 1. The number of aromatic amines is 1. The molecule has 2 aromatic heterocycles. The van der Waals surface area contributed by atoms with Crippen LogP contribution >= 0.6 is 0 Å². The van der Waals surface area contributed by atoms with E-state index in [4.69, 9.17) is 0 Å². The third-order valence-corrected chi connectivity index (χ3v) is 3.41. The molecule has 6 heteroatoms. The summed E-state index contributed by atoms with van der Waals surface area (Å²) >= 11 is 0.